The molecular formula is C15H24N2. The van der Waals surface area contributed by atoms with E-state index in [1.165, 1.54) is 37.7 Å². The van der Waals surface area contributed by atoms with E-state index in [-0.39, 0.29) is 0 Å². The van der Waals surface area contributed by atoms with Crippen LogP contribution in [-0.4, -0.2) is 6.04 Å². The van der Waals surface area contributed by atoms with Gasteiger partial charge in [-0.2, -0.15) is 0 Å². The van der Waals surface area contributed by atoms with Crippen molar-refractivity contribution < 1.29 is 0 Å². The van der Waals surface area contributed by atoms with Gasteiger partial charge in [0.2, 0.25) is 0 Å². The van der Waals surface area contributed by atoms with Crippen LogP contribution in [0.2, 0.25) is 0 Å². The maximum Gasteiger partial charge on any atom is 0.0605 e. The molecule has 2 atom stereocenters. The van der Waals surface area contributed by atoms with Crippen LogP contribution in [0.15, 0.2) is 18.2 Å². The highest BCUT2D eigenvalue weighted by Crippen LogP contribution is 2.32. The van der Waals surface area contributed by atoms with E-state index in [2.05, 4.69) is 25.2 Å². The van der Waals surface area contributed by atoms with E-state index in [9.17, 15) is 0 Å². The third kappa shape index (κ3) is 2.74. The SMILES string of the molecule is CCC1CCCCC1Nc1c(C)cccc1N. The van der Waals surface area contributed by atoms with E-state index in [0.29, 0.717) is 6.04 Å². The molecule has 1 aliphatic carbocycles. The van der Waals surface area contributed by atoms with Crippen molar-refractivity contribution in [2.45, 2.75) is 52.0 Å². The van der Waals surface area contributed by atoms with Crippen molar-refractivity contribution in [3.05, 3.63) is 23.8 Å². The second-order valence-corrected chi connectivity index (χ2v) is 5.24. The van der Waals surface area contributed by atoms with Gasteiger partial charge in [0.1, 0.15) is 0 Å². The molecule has 1 fully saturated rings. The Morgan fingerprint density at radius 3 is 2.76 bits per heavy atom. The molecule has 0 bridgehead atoms. The zero-order valence-corrected chi connectivity index (χ0v) is 11.0. The summed E-state index contributed by atoms with van der Waals surface area (Å²) < 4.78 is 0. The van der Waals surface area contributed by atoms with Crippen molar-refractivity contribution in [2.75, 3.05) is 11.1 Å². The second-order valence-electron chi connectivity index (χ2n) is 5.24. The van der Waals surface area contributed by atoms with E-state index in [4.69, 9.17) is 5.73 Å². The molecule has 17 heavy (non-hydrogen) atoms. The minimum Gasteiger partial charge on any atom is -0.397 e. The fourth-order valence-corrected chi connectivity index (χ4v) is 2.96. The first kappa shape index (κ1) is 12.3. The van der Waals surface area contributed by atoms with Crippen LogP contribution in [-0.2, 0) is 0 Å². The van der Waals surface area contributed by atoms with Crippen molar-refractivity contribution in [1.29, 1.82) is 0 Å². The van der Waals surface area contributed by atoms with Crippen LogP contribution in [0.4, 0.5) is 11.4 Å². The summed E-state index contributed by atoms with van der Waals surface area (Å²) in [6, 6.07) is 6.74. The molecule has 0 saturated heterocycles. The molecule has 0 aromatic heterocycles. The Morgan fingerprint density at radius 2 is 2.06 bits per heavy atom. The minimum absolute atomic E-state index is 0.608. The number of nitrogen functional groups attached to an aromatic ring is 1. The van der Waals surface area contributed by atoms with Gasteiger partial charge in [0.25, 0.3) is 0 Å². The largest absolute Gasteiger partial charge is 0.397 e. The normalized spacial score (nSPS) is 24.6. The van der Waals surface area contributed by atoms with Gasteiger partial charge in [-0.3, -0.25) is 0 Å². The van der Waals surface area contributed by atoms with E-state index in [1.807, 2.05) is 12.1 Å². The lowest BCUT2D eigenvalue weighted by atomic mass is 9.82. The van der Waals surface area contributed by atoms with Gasteiger partial charge >= 0.3 is 0 Å². The summed E-state index contributed by atoms with van der Waals surface area (Å²) in [5.74, 6) is 0.808. The zero-order valence-electron chi connectivity index (χ0n) is 11.0. The molecule has 3 N–H and O–H groups in total. The first-order valence-electron chi connectivity index (χ1n) is 6.84. The smallest absolute Gasteiger partial charge is 0.0605 e. The molecule has 94 valence electrons. The third-order valence-electron chi connectivity index (χ3n) is 4.07. The first-order valence-corrected chi connectivity index (χ1v) is 6.84. The van der Waals surface area contributed by atoms with Crippen LogP contribution >= 0.6 is 0 Å². The highest BCUT2D eigenvalue weighted by atomic mass is 14.9. The summed E-state index contributed by atoms with van der Waals surface area (Å²) in [5.41, 5.74) is 9.35. The summed E-state index contributed by atoms with van der Waals surface area (Å²) in [6.45, 7) is 4.42. The van der Waals surface area contributed by atoms with Gasteiger partial charge in [0, 0.05) is 6.04 Å². The van der Waals surface area contributed by atoms with Crippen molar-refractivity contribution in [1.82, 2.24) is 0 Å². The number of aryl methyl sites for hydroxylation is 1. The lowest BCUT2D eigenvalue weighted by Crippen LogP contribution is -2.32. The Bertz CT molecular complexity index is 353. The van der Waals surface area contributed by atoms with Crippen LogP contribution in [0.25, 0.3) is 0 Å². The van der Waals surface area contributed by atoms with Gasteiger partial charge < -0.3 is 11.1 Å². The monoisotopic (exact) mass is 232 g/mol. The molecule has 2 nitrogen and oxygen atoms in total. The fourth-order valence-electron chi connectivity index (χ4n) is 2.96. The molecule has 1 aliphatic rings. The van der Waals surface area contributed by atoms with E-state index >= 15 is 0 Å². The number of benzene rings is 1. The van der Waals surface area contributed by atoms with Crippen LogP contribution in [0.1, 0.15) is 44.6 Å². The molecule has 1 saturated carbocycles. The summed E-state index contributed by atoms with van der Waals surface area (Å²) in [5, 5.41) is 3.69. The Labute approximate surface area is 105 Å². The lowest BCUT2D eigenvalue weighted by molar-refractivity contribution is 0.317. The molecule has 2 unspecified atom stereocenters. The number of nitrogens with one attached hydrogen (secondary N) is 1. The molecule has 0 aliphatic heterocycles. The molecule has 1 aromatic rings. The molecule has 0 heterocycles. The molecular weight excluding hydrogens is 208 g/mol. The van der Waals surface area contributed by atoms with Gasteiger partial charge in [-0.15, -0.1) is 0 Å². The van der Waals surface area contributed by atoms with E-state index in [0.717, 1.165) is 17.3 Å². The summed E-state index contributed by atoms with van der Waals surface area (Å²) in [6.07, 6.45) is 6.65. The molecule has 0 amide bonds. The number of anilines is 2. The highest BCUT2D eigenvalue weighted by Gasteiger charge is 2.24. The summed E-state index contributed by atoms with van der Waals surface area (Å²) in [4.78, 5) is 0. The Balaban J connectivity index is 2.13. The molecule has 0 spiro atoms. The van der Waals surface area contributed by atoms with Gasteiger partial charge in [-0.25, -0.2) is 0 Å². The number of nitrogens with two attached hydrogens (primary N) is 1. The van der Waals surface area contributed by atoms with Crippen molar-refractivity contribution in [3.63, 3.8) is 0 Å². The number of rotatable bonds is 3. The number of hydrogen-bond donors (Lipinski definition) is 2. The van der Waals surface area contributed by atoms with Crippen molar-refractivity contribution in [3.8, 4) is 0 Å². The lowest BCUT2D eigenvalue weighted by Gasteiger charge is -2.33. The van der Waals surface area contributed by atoms with Gasteiger partial charge in [-0.1, -0.05) is 38.3 Å². The Hall–Kier alpha value is -1.18. The quantitative estimate of drug-likeness (QED) is 0.774. The fraction of sp³-hybridized carbons (Fsp3) is 0.600. The predicted octanol–water partition coefficient (Wildman–Crippen LogP) is 3.96. The average molecular weight is 232 g/mol. The standard InChI is InChI=1S/C15H24N2/c1-3-12-8-4-5-10-14(12)17-15-11(2)7-6-9-13(15)16/h6-7,9,12,14,17H,3-5,8,10,16H2,1-2H3. The molecule has 2 heteroatoms. The van der Waals surface area contributed by atoms with Crippen molar-refractivity contribution >= 4 is 11.4 Å². The predicted molar refractivity (Wildman–Crippen MR) is 75.3 cm³/mol. The number of para-hydroxylation sites is 1. The van der Waals surface area contributed by atoms with Crippen LogP contribution in [0.3, 0.4) is 0 Å². The topological polar surface area (TPSA) is 38.0 Å². The zero-order chi connectivity index (χ0) is 12.3. The maximum absolute atomic E-state index is 6.06. The van der Waals surface area contributed by atoms with E-state index < -0.39 is 0 Å². The summed E-state index contributed by atoms with van der Waals surface area (Å²) >= 11 is 0. The Kier molecular flexibility index (Phi) is 3.93. The van der Waals surface area contributed by atoms with Crippen LogP contribution in [0.5, 0.6) is 0 Å². The highest BCUT2D eigenvalue weighted by molar-refractivity contribution is 5.70. The maximum atomic E-state index is 6.06. The number of hydrogen-bond acceptors (Lipinski definition) is 2. The summed E-state index contributed by atoms with van der Waals surface area (Å²) in [7, 11) is 0. The van der Waals surface area contributed by atoms with Gasteiger partial charge in [0.05, 0.1) is 11.4 Å². The van der Waals surface area contributed by atoms with Crippen LogP contribution < -0.4 is 11.1 Å². The Morgan fingerprint density at radius 1 is 1.29 bits per heavy atom. The van der Waals surface area contributed by atoms with Crippen LogP contribution in [0, 0.1) is 12.8 Å². The first-order chi connectivity index (χ1) is 8.22. The van der Waals surface area contributed by atoms with E-state index in [1.54, 1.807) is 0 Å². The van der Waals surface area contributed by atoms with Crippen molar-refractivity contribution in [2.24, 2.45) is 5.92 Å². The minimum atomic E-state index is 0.608. The van der Waals surface area contributed by atoms with Gasteiger partial charge in [0.15, 0.2) is 0 Å². The molecule has 0 radical (unpaired) electrons. The molecule has 2 rings (SSSR count). The second kappa shape index (κ2) is 5.44. The average Bonchev–Trinajstić information content (AvgIpc) is 2.34. The molecule has 1 aromatic carbocycles. The third-order valence-corrected chi connectivity index (χ3v) is 4.07. The van der Waals surface area contributed by atoms with Gasteiger partial charge in [-0.05, 0) is 37.3 Å².